The standard InChI is InChI=1S/C14H19NOS2/c1-10(2)18-12-5-3-11(4-6-12)9-17-13-7-8-15-14(13)16/h3-6,10,13H,7-9H2,1-2H3,(H,15,16)/t13-/m1/s1. The van der Waals surface area contributed by atoms with Crippen molar-refractivity contribution in [1.82, 2.24) is 5.32 Å². The van der Waals surface area contributed by atoms with E-state index in [9.17, 15) is 4.79 Å². The summed E-state index contributed by atoms with van der Waals surface area (Å²) >= 11 is 3.63. The molecule has 18 heavy (non-hydrogen) atoms. The Balaban J connectivity index is 1.84. The minimum Gasteiger partial charge on any atom is -0.355 e. The molecule has 98 valence electrons. The number of carbonyl (C=O) groups is 1. The lowest BCUT2D eigenvalue weighted by molar-refractivity contribution is -0.118. The Kier molecular flexibility index (Phi) is 5.01. The second-order valence-corrected chi connectivity index (χ2v) is 7.53. The monoisotopic (exact) mass is 281 g/mol. The molecule has 2 rings (SSSR count). The highest BCUT2D eigenvalue weighted by molar-refractivity contribution is 8.00. The maximum atomic E-state index is 11.4. The van der Waals surface area contributed by atoms with Gasteiger partial charge in [0.15, 0.2) is 0 Å². The molecule has 1 fully saturated rings. The summed E-state index contributed by atoms with van der Waals surface area (Å²) in [6.07, 6.45) is 0.963. The SMILES string of the molecule is CC(C)Sc1ccc(CS[C@@H]2CCNC2=O)cc1. The first-order chi connectivity index (χ1) is 8.65. The van der Waals surface area contributed by atoms with Crippen molar-refractivity contribution >= 4 is 29.4 Å². The molecule has 1 aliphatic heterocycles. The highest BCUT2D eigenvalue weighted by Crippen LogP contribution is 2.26. The summed E-state index contributed by atoms with van der Waals surface area (Å²) < 4.78 is 0. The molecular formula is C14H19NOS2. The van der Waals surface area contributed by atoms with Gasteiger partial charge < -0.3 is 5.32 Å². The van der Waals surface area contributed by atoms with E-state index in [0.29, 0.717) is 5.25 Å². The van der Waals surface area contributed by atoms with Crippen LogP contribution in [0.2, 0.25) is 0 Å². The summed E-state index contributed by atoms with van der Waals surface area (Å²) in [5.74, 6) is 1.12. The van der Waals surface area contributed by atoms with Gasteiger partial charge in [-0.05, 0) is 24.1 Å². The summed E-state index contributed by atoms with van der Waals surface area (Å²) in [6, 6.07) is 8.69. The van der Waals surface area contributed by atoms with Gasteiger partial charge in [-0.15, -0.1) is 23.5 Å². The zero-order valence-corrected chi connectivity index (χ0v) is 12.4. The van der Waals surface area contributed by atoms with Crippen molar-refractivity contribution in [2.45, 2.75) is 41.4 Å². The van der Waals surface area contributed by atoms with Gasteiger partial charge in [-0.25, -0.2) is 0 Å². The maximum absolute atomic E-state index is 11.4. The van der Waals surface area contributed by atoms with Gasteiger partial charge in [-0.1, -0.05) is 26.0 Å². The van der Waals surface area contributed by atoms with E-state index in [1.54, 1.807) is 11.8 Å². The molecule has 1 atom stereocenters. The van der Waals surface area contributed by atoms with E-state index in [4.69, 9.17) is 0 Å². The number of thioether (sulfide) groups is 2. The van der Waals surface area contributed by atoms with Crippen LogP contribution in [0.4, 0.5) is 0 Å². The predicted octanol–water partition coefficient (Wildman–Crippen LogP) is 3.31. The average Bonchev–Trinajstić information content (AvgIpc) is 2.73. The van der Waals surface area contributed by atoms with Crippen molar-refractivity contribution in [2.24, 2.45) is 0 Å². The van der Waals surface area contributed by atoms with E-state index in [1.807, 2.05) is 11.8 Å². The number of nitrogens with one attached hydrogen (secondary N) is 1. The molecule has 1 aromatic carbocycles. The molecule has 0 unspecified atom stereocenters. The summed E-state index contributed by atoms with van der Waals surface area (Å²) in [5.41, 5.74) is 1.30. The van der Waals surface area contributed by atoms with E-state index in [0.717, 1.165) is 18.7 Å². The molecule has 1 N–H and O–H groups in total. The van der Waals surface area contributed by atoms with Gasteiger partial charge in [-0.3, -0.25) is 4.79 Å². The lowest BCUT2D eigenvalue weighted by atomic mass is 10.2. The summed E-state index contributed by atoms with van der Waals surface area (Å²) in [6.45, 7) is 5.24. The van der Waals surface area contributed by atoms with Crippen LogP contribution in [0.1, 0.15) is 25.8 Å². The van der Waals surface area contributed by atoms with Gasteiger partial charge in [0, 0.05) is 22.4 Å². The van der Waals surface area contributed by atoms with Crippen LogP contribution in [0, 0.1) is 0 Å². The van der Waals surface area contributed by atoms with E-state index < -0.39 is 0 Å². The van der Waals surface area contributed by atoms with Gasteiger partial charge in [0.1, 0.15) is 0 Å². The van der Waals surface area contributed by atoms with Crippen molar-refractivity contribution < 1.29 is 4.79 Å². The van der Waals surface area contributed by atoms with Gasteiger partial charge in [0.25, 0.3) is 0 Å². The second-order valence-electron chi connectivity index (χ2n) is 4.69. The van der Waals surface area contributed by atoms with Crippen LogP contribution in [0.5, 0.6) is 0 Å². The van der Waals surface area contributed by atoms with Crippen molar-refractivity contribution in [3.63, 3.8) is 0 Å². The smallest absolute Gasteiger partial charge is 0.233 e. The third kappa shape index (κ3) is 3.95. The van der Waals surface area contributed by atoms with Crippen LogP contribution in [0.15, 0.2) is 29.2 Å². The summed E-state index contributed by atoms with van der Waals surface area (Å²) in [4.78, 5) is 12.8. The zero-order chi connectivity index (χ0) is 13.0. The Hall–Kier alpha value is -0.610. The quantitative estimate of drug-likeness (QED) is 0.840. The molecule has 4 heteroatoms. The van der Waals surface area contributed by atoms with Crippen molar-refractivity contribution in [2.75, 3.05) is 6.54 Å². The van der Waals surface area contributed by atoms with E-state index in [2.05, 4.69) is 43.4 Å². The third-order valence-corrected chi connectivity index (χ3v) is 5.11. The molecule has 1 amide bonds. The highest BCUT2D eigenvalue weighted by atomic mass is 32.2. The minimum atomic E-state index is 0.148. The first-order valence-corrected chi connectivity index (χ1v) is 8.23. The number of hydrogen-bond acceptors (Lipinski definition) is 3. The summed E-state index contributed by atoms with van der Waals surface area (Å²) in [5, 5.41) is 3.64. The van der Waals surface area contributed by atoms with Gasteiger partial charge in [-0.2, -0.15) is 0 Å². The topological polar surface area (TPSA) is 29.1 Å². The van der Waals surface area contributed by atoms with Crippen LogP contribution in [0.3, 0.4) is 0 Å². The van der Waals surface area contributed by atoms with E-state index in [1.165, 1.54) is 10.5 Å². The van der Waals surface area contributed by atoms with Crippen LogP contribution in [-0.4, -0.2) is 23.0 Å². The lowest BCUT2D eigenvalue weighted by Crippen LogP contribution is -2.20. The molecule has 0 aliphatic carbocycles. The lowest BCUT2D eigenvalue weighted by Gasteiger charge is -2.08. The fourth-order valence-corrected chi connectivity index (χ4v) is 3.81. The first-order valence-electron chi connectivity index (χ1n) is 6.30. The molecule has 1 heterocycles. The Bertz CT molecular complexity index is 403. The number of rotatable bonds is 5. The number of benzene rings is 1. The van der Waals surface area contributed by atoms with Crippen molar-refractivity contribution in [1.29, 1.82) is 0 Å². The van der Waals surface area contributed by atoms with Crippen molar-refractivity contribution in [3.8, 4) is 0 Å². The molecular weight excluding hydrogens is 262 g/mol. The molecule has 2 nitrogen and oxygen atoms in total. The van der Waals surface area contributed by atoms with Crippen molar-refractivity contribution in [3.05, 3.63) is 29.8 Å². The largest absolute Gasteiger partial charge is 0.355 e. The van der Waals surface area contributed by atoms with Crippen LogP contribution < -0.4 is 5.32 Å². The molecule has 1 aliphatic rings. The normalized spacial score (nSPS) is 19.3. The zero-order valence-electron chi connectivity index (χ0n) is 10.8. The first kappa shape index (κ1) is 13.8. The molecule has 1 saturated heterocycles. The molecule has 0 bridgehead atoms. The molecule has 0 radical (unpaired) electrons. The van der Waals surface area contributed by atoms with Crippen LogP contribution >= 0.6 is 23.5 Å². The predicted molar refractivity (Wildman–Crippen MR) is 80.1 cm³/mol. The van der Waals surface area contributed by atoms with Gasteiger partial charge >= 0.3 is 0 Å². The number of hydrogen-bond donors (Lipinski definition) is 1. The fraction of sp³-hybridized carbons (Fsp3) is 0.500. The minimum absolute atomic E-state index is 0.148. The Morgan fingerprint density at radius 3 is 2.61 bits per heavy atom. The third-order valence-electron chi connectivity index (χ3n) is 2.74. The van der Waals surface area contributed by atoms with E-state index >= 15 is 0 Å². The molecule has 0 aromatic heterocycles. The Morgan fingerprint density at radius 2 is 2.06 bits per heavy atom. The fourth-order valence-electron chi connectivity index (χ4n) is 1.86. The average molecular weight is 281 g/mol. The van der Waals surface area contributed by atoms with E-state index in [-0.39, 0.29) is 11.2 Å². The van der Waals surface area contributed by atoms with Crippen LogP contribution in [0.25, 0.3) is 0 Å². The number of amides is 1. The van der Waals surface area contributed by atoms with Gasteiger partial charge in [0.05, 0.1) is 5.25 Å². The summed E-state index contributed by atoms with van der Waals surface area (Å²) in [7, 11) is 0. The van der Waals surface area contributed by atoms with Gasteiger partial charge in [0.2, 0.25) is 5.91 Å². The highest BCUT2D eigenvalue weighted by Gasteiger charge is 2.23. The Morgan fingerprint density at radius 1 is 1.33 bits per heavy atom. The molecule has 1 aromatic rings. The van der Waals surface area contributed by atoms with Crippen LogP contribution in [-0.2, 0) is 10.5 Å². The molecule has 0 saturated carbocycles. The number of carbonyl (C=O) groups excluding carboxylic acids is 1. The second kappa shape index (κ2) is 6.53. The maximum Gasteiger partial charge on any atom is 0.233 e. The molecule has 0 spiro atoms. The Labute approximate surface area is 117 Å².